The Morgan fingerprint density at radius 2 is 1.90 bits per heavy atom. The summed E-state index contributed by atoms with van der Waals surface area (Å²) < 4.78 is 51.3. The Morgan fingerprint density at radius 1 is 1.20 bits per heavy atom. The van der Waals surface area contributed by atoms with Crippen LogP contribution in [0.5, 0.6) is 5.75 Å². The molecule has 0 bridgehead atoms. The zero-order valence-corrected chi connectivity index (χ0v) is 11.4. The molecular weight excluding hydrogens is 275 g/mol. The fourth-order valence-corrected chi connectivity index (χ4v) is 1.66. The molecule has 0 fully saturated rings. The average molecular weight is 293 g/mol. The van der Waals surface area contributed by atoms with E-state index >= 15 is 0 Å². The van der Waals surface area contributed by atoms with E-state index in [1.807, 2.05) is 0 Å². The van der Waals surface area contributed by atoms with Gasteiger partial charge in [-0.15, -0.1) is 13.2 Å². The molecule has 0 radical (unpaired) electrons. The van der Waals surface area contributed by atoms with E-state index in [2.05, 4.69) is 10.1 Å². The summed E-state index contributed by atoms with van der Waals surface area (Å²) in [5.74, 6) is -0.227. The van der Waals surface area contributed by atoms with Crippen molar-refractivity contribution in [1.29, 1.82) is 0 Å². The predicted molar refractivity (Wildman–Crippen MR) is 67.6 cm³/mol. The maximum absolute atomic E-state index is 12.4. The minimum atomic E-state index is -4.72. The van der Waals surface area contributed by atoms with Crippen molar-refractivity contribution in [3.05, 3.63) is 29.8 Å². The molecule has 4 nitrogen and oxygen atoms in total. The van der Waals surface area contributed by atoms with Gasteiger partial charge in [-0.25, -0.2) is 0 Å². The second kappa shape index (κ2) is 8.08. The van der Waals surface area contributed by atoms with Crippen molar-refractivity contribution in [2.75, 3.05) is 34.0 Å². The number of hydrogen-bond donors (Lipinski definition) is 1. The van der Waals surface area contributed by atoms with Crippen LogP contribution < -0.4 is 10.1 Å². The van der Waals surface area contributed by atoms with Gasteiger partial charge in [-0.3, -0.25) is 0 Å². The summed E-state index contributed by atoms with van der Waals surface area (Å²) in [6, 6.07) is 5.59. The number of halogens is 3. The van der Waals surface area contributed by atoms with Crippen LogP contribution in [0, 0.1) is 0 Å². The fourth-order valence-electron chi connectivity index (χ4n) is 1.66. The number of nitrogens with one attached hydrogen (secondary N) is 1. The van der Waals surface area contributed by atoms with Crippen LogP contribution in [-0.4, -0.2) is 40.3 Å². The first kappa shape index (κ1) is 16.7. The maximum Gasteiger partial charge on any atom is 0.573 e. The molecule has 0 aliphatic rings. The smallest absolute Gasteiger partial charge is 0.405 e. The summed E-state index contributed by atoms with van der Waals surface area (Å²) in [5, 5.41) is 2.91. The molecule has 0 aliphatic heterocycles. The first-order chi connectivity index (χ1) is 9.48. The first-order valence-electron chi connectivity index (χ1n) is 6.06. The Balaban J connectivity index is 2.75. The molecular formula is C13H18F3NO3. The second-order valence-corrected chi connectivity index (χ2v) is 3.99. The third-order valence-electron chi connectivity index (χ3n) is 2.58. The molecule has 0 spiro atoms. The van der Waals surface area contributed by atoms with Crippen LogP contribution >= 0.6 is 0 Å². The minimum Gasteiger partial charge on any atom is -0.405 e. The number of alkyl halides is 3. The third-order valence-corrected chi connectivity index (χ3v) is 2.58. The van der Waals surface area contributed by atoms with Gasteiger partial charge in [0.2, 0.25) is 0 Å². The maximum atomic E-state index is 12.4. The van der Waals surface area contributed by atoms with E-state index in [4.69, 9.17) is 9.47 Å². The standard InChI is InChI=1S/C13H18F3NO3/c1-17-11(9-19-8-7-18-2)10-5-3-4-6-12(10)20-13(14,15)16/h3-6,11,17H,7-9H2,1-2H3. The van der Waals surface area contributed by atoms with Crippen molar-refractivity contribution in [2.24, 2.45) is 0 Å². The van der Waals surface area contributed by atoms with E-state index in [-0.39, 0.29) is 12.4 Å². The van der Waals surface area contributed by atoms with Gasteiger partial charge in [-0.2, -0.15) is 0 Å². The van der Waals surface area contributed by atoms with E-state index in [1.165, 1.54) is 12.1 Å². The second-order valence-electron chi connectivity index (χ2n) is 3.99. The molecule has 7 heteroatoms. The Labute approximate surface area is 115 Å². The summed E-state index contributed by atoms with van der Waals surface area (Å²) >= 11 is 0. The molecule has 1 N–H and O–H groups in total. The molecule has 0 saturated carbocycles. The molecule has 1 unspecified atom stereocenters. The van der Waals surface area contributed by atoms with Gasteiger partial charge in [0.05, 0.1) is 25.9 Å². The van der Waals surface area contributed by atoms with E-state index in [0.717, 1.165) is 0 Å². The molecule has 114 valence electrons. The first-order valence-corrected chi connectivity index (χ1v) is 6.06. The summed E-state index contributed by atoms with van der Waals surface area (Å²) in [6.07, 6.45) is -4.72. The Morgan fingerprint density at radius 3 is 2.50 bits per heavy atom. The van der Waals surface area contributed by atoms with Crippen molar-refractivity contribution < 1.29 is 27.4 Å². The van der Waals surface area contributed by atoms with Gasteiger partial charge in [-0.1, -0.05) is 18.2 Å². The van der Waals surface area contributed by atoms with Crippen molar-refractivity contribution in [1.82, 2.24) is 5.32 Å². The summed E-state index contributed by atoms with van der Waals surface area (Å²) in [7, 11) is 3.19. The van der Waals surface area contributed by atoms with Gasteiger partial charge in [0.1, 0.15) is 5.75 Å². The number of rotatable bonds is 8. The van der Waals surface area contributed by atoms with Crippen LogP contribution in [0.15, 0.2) is 24.3 Å². The molecule has 0 aromatic heterocycles. The van der Waals surface area contributed by atoms with E-state index < -0.39 is 12.4 Å². The average Bonchev–Trinajstić information content (AvgIpc) is 2.38. The Hall–Kier alpha value is -1.31. The van der Waals surface area contributed by atoms with E-state index in [0.29, 0.717) is 18.8 Å². The molecule has 0 aliphatic carbocycles. The monoisotopic (exact) mass is 293 g/mol. The molecule has 0 saturated heterocycles. The number of benzene rings is 1. The van der Waals surface area contributed by atoms with Crippen LogP contribution in [-0.2, 0) is 9.47 Å². The summed E-state index contributed by atoms with van der Waals surface area (Å²) in [5.41, 5.74) is 0.393. The molecule has 1 atom stereocenters. The van der Waals surface area contributed by atoms with Crippen molar-refractivity contribution in [3.63, 3.8) is 0 Å². The number of likely N-dealkylation sites (N-methyl/N-ethyl adjacent to an activating group) is 1. The topological polar surface area (TPSA) is 39.7 Å². The molecule has 1 aromatic carbocycles. The van der Waals surface area contributed by atoms with Gasteiger partial charge in [-0.05, 0) is 13.1 Å². The SMILES string of the molecule is CNC(COCCOC)c1ccccc1OC(F)(F)F. The number of para-hydroxylation sites is 1. The predicted octanol–water partition coefficient (Wildman–Crippen LogP) is 2.51. The molecule has 1 aromatic rings. The zero-order valence-electron chi connectivity index (χ0n) is 11.4. The highest BCUT2D eigenvalue weighted by Gasteiger charge is 2.32. The van der Waals surface area contributed by atoms with Gasteiger partial charge in [0, 0.05) is 12.7 Å². The van der Waals surface area contributed by atoms with Gasteiger partial charge in [0.25, 0.3) is 0 Å². The van der Waals surface area contributed by atoms with Crippen molar-refractivity contribution in [2.45, 2.75) is 12.4 Å². The molecule has 1 rings (SSSR count). The van der Waals surface area contributed by atoms with Gasteiger partial charge < -0.3 is 19.5 Å². The van der Waals surface area contributed by atoms with Crippen LogP contribution in [0.1, 0.15) is 11.6 Å². The quantitative estimate of drug-likeness (QED) is 0.748. The van der Waals surface area contributed by atoms with E-state index in [9.17, 15) is 13.2 Å². The van der Waals surface area contributed by atoms with Crippen LogP contribution in [0.25, 0.3) is 0 Å². The Kier molecular flexibility index (Phi) is 6.77. The Bertz CT molecular complexity index is 399. The highest BCUT2D eigenvalue weighted by atomic mass is 19.4. The highest BCUT2D eigenvalue weighted by Crippen LogP contribution is 2.30. The van der Waals surface area contributed by atoms with Crippen LogP contribution in [0.2, 0.25) is 0 Å². The van der Waals surface area contributed by atoms with Gasteiger partial charge in [0.15, 0.2) is 0 Å². The zero-order chi connectivity index (χ0) is 15.0. The van der Waals surface area contributed by atoms with Crippen molar-refractivity contribution >= 4 is 0 Å². The normalized spacial score (nSPS) is 13.2. The number of ether oxygens (including phenoxy) is 3. The summed E-state index contributed by atoms with van der Waals surface area (Å²) in [4.78, 5) is 0. The van der Waals surface area contributed by atoms with E-state index in [1.54, 1.807) is 26.3 Å². The van der Waals surface area contributed by atoms with Crippen LogP contribution in [0.3, 0.4) is 0 Å². The van der Waals surface area contributed by atoms with Gasteiger partial charge >= 0.3 is 6.36 Å². The third kappa shape index (κ3) is 5.77. The fraction of sp³-hybridized carbons (Fsp3) is 0.538. The lowest BCUT2D eigenvalue weighted by Crippen LogP contribution is -2.25. The van der Waals surface area contributed by atoms with Crippen molar-refractivity contribution in [3.8, 4) is 5.75 Å². The number of methoxy groups -OCH3 is 1. The lowest BCUT2D eigenvalue weighted by atomic mass is 10.1. The lowest BCUT2D eigenvalue weighted by Gasteiger charge is -2.20. The molecule has 20 heavy (non-hydrogen) atoms. The molecule has 0 heterocycles. The largest absolute Gasteiger partial charge is 0.573 e. The van der Waals surface area contributed by atoms with Crippen LogP contribution in [0.4, 0.5) is 13.2 Å². The number of hydrogen-bond acceptors (Lipinski definition) is 4. The minimum absolute atomic E-state index is 0.220. The summed E-state index contributed by atoms with van der Waals surface area (Å²) in [6.45, 7) is 1.02. The molecule has 0 amide bonds. The highest BCUT2D eigenvalue weighted by molar-refractivity contribution is 5.36. The lowest BCUT2D eigenvalue weighted by molar-refractivity contribution is -0.275.